The van der Waals surface area contributed by atoms with Gasteiger partial charge in [-0.3, -0.25) is 0 Å². The first-order valence-electron chi connectivity index (χ1n) is 5.98. The van der Waals surface area contributed by atoms with Gasteiger partial charge in [0.2, 0.25) is 10.0 Å². The lowest BCUT2D eigenvalue weighted by molar-refractivity contribution is 0.542. The van der Waals surface area contributed by atoms with Crippen LogP contribution in [0.15, 0.2) is 30.3 Å². The van der Waals surface area contributed by atoms with Gasteiger partial charge in [0.25, 0.3) is 0 Å². The van der Waals surface area contributed by atoms with Crippen molar-refractivity contribution in [3.8, 4) is 6.07 Å². The Kier molecular flexibility index (Phi) is 5.83. The number of nitriles is 1. The van der Waals surface area contributed by atoms with Crippen LogP contribution in [0.4, 0.5) is 0 Å². The first kappa shape index (κ1) is 14.7. The number of aryl methyl sites for hydroxylation is 1. The summed E-state index contributed by atoms with van der Waals surface area (Å²) >= 11 is 0. The topological polar surface area (TPSA) is 70.0 Å². The summed E-state index contributed by atoms with van der Waals surface area (Å²) in [5.74, 6) is 0.0545. The summed E-state index contributed by atoms with van der Waals surface area (Å²) < 4.78 is 26.2. The Hall–Kier alpha value is -1.38. The van der Waals surface area contributed by atoms with E-state index in [4.69, 9.17) is 5.26 Å². The second-order valence-corrected chi connectivity index (χ2v) is 6.01. The standard InChI is InChI=1S/C13H18N2O2S/c1-2-13(8-10-14)15-18(16,17)11-9-12-6-4-3-5-7-12/h3-7,13,15H,2,8-9,11H2,1H3. The van der Waals surface area contributed by atoms with Crippen LogP contribution in [-0.2, 0) is 16.4 Å². The van der Waals surface area contributed by atoms with E-state index in [0.29, 0.717) is 12.8 Å². The van der Waals surface area contributed by atoms with E-state index >= 15 is 0 Å². The molecule has 18 heavy (non-hydrogen) atoms. The molecular formula is C13H18N2O2S. The predicted octanol–water partition coefficient (Wildman–Crippen LogP) is 1.84. The normalized spacial score (nSPS) is 12.9. The highest BCUT2D eigenvalue weighted by Gasteiger charge is 2.16. The Morgan fingerprint density at radius 2 is 2.00 bits per heavy atom. The van der Waals surface area contributed by atoms with Crippen LogP contribution in [0.5, 0.6) is 0 Å². The van der Waals surface area contributed by atoms with Crippen molar-refractivity contribution in [2.75, 3.05) is 5.75 Å². The summed E-state index contributed by atoms with van der Waals surface area (Å²) in [7, 11) is -3.31. The Balaban J connectivity index is 2.52. The number of rotatable bonds is 7. The molecule has 0 aromatic heterocycles. The fraction of sp³-hybridized carbons (Fsp3) is 0.462. The summed E-state index contributed by atoms with van der Waals surface area (Å²) in [6.07, 6.45) is 1.32. The van der Waals surface area contributed by atoms with Crippen LogP contribution in [0.3, 0.4) is 0 Å². The molecule has 4 nitrogen and oxygen atoms in total. The van der Waals surface area contributed by atoms with E-state index in [1.165, 1.54) is 0 Å². The van der Waals surface area contributed by atoms with Crippen LogP contribution in [0.25, 0.3) is 0 Å². The monoisotopic (exact) mass is 266 g/mol. The highest BCUT2D eigenvalue weighted by Crippen LogP contribution is 2.04. The molecule has 0 amide bonds. The number of nitrogens with one attached hydrogen (secondary N) is 1. The van der Waals surface area contributed by atoms with E-state index in [2.05, 4.69) is 4.72 Å². The minimum Gasteiger partial charge on any atom is -0.212 e. The quantitative estimate of drug-likeness (QED) is 0.818. The molecule has 98 valence electrons. The van der Waals surface area contributed by atoms with Crippen molar-refractivity contribution < 1.29 is 8.42 Å². The summed E-state index contributed by atoms with van der Waals surface area (Å²) in [6.45, 7) is 1.86. The minimum atomic E-state index is -3.31. The maximum absolute atomic E-state index is 11.8. The summed E-state index contributed by atoms with van der Waals surface area (Å²) in [6, 6.07) is 11.2. The molecule has 0 bridgehead atoms. The molecule has 0 radical (unpaired) electrons. The van der Waals surface area contributed by atoms with E-state index in [9.17, 15) is 8.42 Å². The lowest BCUT2D eigenvalue weighted by Gasteiger charge is -2.13. The van der Waals surface area contributed by atoms with Crippen LogP contribution in [0, 0.1) is 11.3 Å². The van der Waals surface area contributed by atoms with Crippen molar-refractivity contribution in [2.24, 2.45) is 0 Å². The van der Waals surface area contributed by atoms with Crippen LogP contribution in [0.2, 0.25) is 0 Å². The Labute approximate surface area is 109 Å². The first-order chi connectivity index (χ1) is 8.57. The molecule has 0 fully saturated rings. The largest absolute Gasteiger partial charge is 0.212 e. The van der Waals surface area contributed by atoms with Gasteiger partial charge in [0.05, 0.1) is 18.2 Å². The van der Waals surface area contributed by atoms with Crippen LogP contribution in [0.1, 0.15) is 25.3 Å². The van der Waals surface area contributed by atoms with Gasteiger partial charge in [0.1, 0.15) is 0 Å². The van der Waals surface area contributed by atoms with Crippen molar-refractivity contribution >= 4 is 10.0 Å². The van der Waals surface area contributed by atoms with Crippen molar-refractivity contribution in [3.63, 3.8) is 0 Å². The summed E-state index contributed by atoms with van der Waals surface area (Å²) in [4.78, 5) is 0. The molecule has 0 aliphatic rings. The van der Waals surface area contributed by atoms with Crippen molar-refractivity contribution in [1.29, 1.82) is 5.26 Å². The van der Waals surface area contributed by atoms with Gasteiger partial charge >= 0.3 is 0 Å². The number of sulfonamides is 1. The Bertz CT molecular complexity index is 491. The molecule has 0 heterocycles. The summed E-state index contributed by atoms with van der Waals surface area (Å²) in [5, 5.41) is 8.59. The van der Waals surface area contributed by atoms with Gasteiger partial charge in [-0.15, -0.1) is 0 Å². The lowest BCUT2D eigenvalue weighted by Crippen LogP contribution is -2.36. The lowest BCUT2D eigenvalue weighted by atomic mass is 10.2. The van der Waals surface area contributed by atoms with E-state index in [1.807, 2.05) is 43.3 Å². The fourth-order valence-electron chi connectivity index (χ4n) is 1.59. The number of hydrogen-bond acceptors (Lipinski definition) is 3. The number of benzene rings is 1. The molecule has 0 aliphatic carbocycles. The molecule has 1 N–H and O–H groups in total. The third-order valence-electron chi connectivity index (χ3n) is 2.68. The van der Waals surface area contributed by atoms with E-state index in [0.717, 1.165) is 5.56 Å². The van der Waals surface area contributed by atoms with Crippen molar-refractivity contribution in [3.05, 3.63) is 35.9 Å². The van der Waals surface area contributed by atoms with Crippen molar-refractivity contribution in [2.45, 2.75) is 32.2 Å². The molecule has 0 spiro atoms. The minimum absolute atomic E-state index is 0.0545. The molecule has 0 saturated carbocycles. The summed E-state index contributed by atoms with van der Waals surface area (Å²) in [5.41, 5.74) is 0.996. The van der Waals surface area contributed by atoms with Crippen molar-refractivity contribution in [1.82, 2.24) is 4.72 Å². The van der Waals surface area contributed by atoms with Gasteiger partial charge in [0.15, 0.2) is 0 Å². The van der Waals surface area contributed by atoms with Gasteiger partial charge in [0, 0.05) is 6.04 Å². The first-order valence-corrected chi connectivity index (χ1v) is 7.63. The average molecular weight is 266 g/mol. The van der Waals surface area contributed by atoms with Gasteiger partial charge in [-0.1, -0.05) is 37.3 Å². The van der Waals surface area contributed by atoms with Crippen LogP contribution >= 0.6 is 0 Å². The molecule has 0 aliphatic heterocycles. The Morgan fingerprint density at radius 1 is 1.33 bits per heavy atom. The molecule has 1 atom stereocenters. The number of hydrogen-bond donors (Lipinski definition) is 1. The molecule has 1 rings (SSSR count). The van der Waals surface area contributed by atoms with E-state index in [-0.39, 0.29) is 18.2 Å². The fourth-order valence-corrected chi connectivity index (χ4v) is 2.97. The smallest absolute Gasteiger partial charge is 0.212 e. The zero-order chi connectivity index (χ0) is 13.4. The van der Waals surface area contributed by atoms with Crippen LogP contribution < -0.4 is 4.72 Å². The number of nitrogens with zero attached hydrogens (tertiary/aromatic N) is 1. The molecular weight excluding hydrogens is 248 g/mol. The predicted molar refractivity (Wildman–Crippen MR) is 71.4 cm³/mol. The Morgan fingerprint density at radius 3 is 2.56 bits per heavy atom. The zero-order valence-corrected chi connectivity index (χ0v) is 11.3. The molecule has 1 aromatic carbocycles. The maximum atomic E-state index is 11.8. The SMILES string of the molecule is CCC(CC#N)NS(=O)(=O)CCc1ccccc1. The van der Waals surface area contributed by atoms with Gasteiger partial charge in [-0.2, -0.15) is 5.26 Å². The molecule has 0 saturated heterocycles. The average Bonchev–Trinajstić information content (AvgIpc) is 2.37. The zero-order valence-electron chi connectivity index (χ0n) is 10.5. The van der Waals surface area contributed by atoms with Gasteiger partial charge in [-0.25, -0.2) is 13.1 Å². The highest BCUT2D eigenvalue weighted by atomic mass is 32.2. The maximum Gasteiger partial charge on any atom is 0.212 e. The van der Waals surface area contributed by atoms with Gasteiger partial charge < -0.3 is 0 Å². The second-order valence-electron chi connectivity index (χ2n) is 4.14. The van der Waals surface area contributed by atoms with E-state index in [1.54, 1.807) is 0 Å². The van der Waals surface area contributed by atoms with Gasteiger partial charge in [-0.05, 0) is 18.4 Å². The molecule has 1 aromatic rings. The van der Waals surface area contributed by atoms with E-state index < -0.39 is 10.0 Å². The third kappa shape index (κ3) is 5.30. The second kappa shape index (κ2) is 7.14. The molecule has 1 unspecified atom stereocenters. The highest BCUT2D eigenvalue weighted by molar-refractivity contribution is 7.89. The third-order valence-corrected chi connectivity index (χ3v) is 4.11. The molecule has 5 heteroatoms. The van der Waals surface area contributed by atoms with Crippen LogP contribution in [-0.4, -0.2) is 20.2 Å².